The van der Waals surface area contributed by atoms with Gasteiger partial charge in [0, 0.05) is 12.1 Å². The molecule has 0 radical (unpaired) electrons. The number of nitrogens with zero attached hydrogens (tertiary/aromatic N) is 1. The molecule has 1 N–H and O–H groups in total. The monoisotopic (exact) mass is 288 g/mol. The molecule has 6 heteroatoms. The average Bonchev–Trinajstić information content (AvgIpc) is 2.44. The van der Waals surface area contributed by atoms with E-state index in [9.17, 15) is 18.0 Å². The van der Waals surface area contributed by atoms with Gasteiger partial charge in [-0.2, -0.15) is 0 Å². The molecule has 0 fully saturated rings. The lowest BCUT2D eigenvalue weighted by molar-refractivity contribution is 0.0950. The summed E-state index contributed by atoms with van der Waals surface area (Å²) in [4.78, 5) is 13.9. The normalized spacial score (nSPS) is 10.9. The number of hydrogen-bond donors (Lipinski definition) is 1. The van der Waals surface area contributed by atoms with Gasteiger partial charge in [0.25, 0.3) is 5.91 Å². The molecule has 0 aliphatic rings. The van der Waals surface area contributed by atoms with Crippen molar-refractivity contribution in [1.82, 2.24) is 10.2 Å². The molecular weight excluding hydrogens is 269 g/mol. The van der Waals surface area contributed by atoms with E-state index < -0.39 is 23.4 Å². The third kappa shape index (κ3) is 4.52. The highest BCUT2D eigenvalue weighted by Gasteiger charge is 2.14. The van der Waals surface area contributed by atoms with Crippen molar-refractivity contribution >= 4 is 5.91 Å². The van der Waals surface area contributed by atoms with Gasteiger partial charge in [0.2, 0.25) is 0 Å². The summed E-state index contributed by atoms with van der Waals surface area (Å²) < 4.78 is 38.7. The Morgan fingerprint density at radius 2 is 1.70 bits per heavy atom. The predicted octanol–water partition coefficient (Wildman–Crippen LogP) is 2.57. The first-order valence-corrected chi connectivity index (χ1v) is 6.64. The van der Waals surface area contributed by atoms with Crippen molar-refractivity contribution in [3.8, 4) is 0 Å². The molecule has 0 saturated heterocycles. The summed E-state index contributed by atoms with van der Waals surface area (Å²) in [6.07, 6.45) is 0.736. The molecule has 0 aliphatic heterocycles. The Kier molecular flexibility index (Phi) is 6.51. The lowest BCUT2D eigenvalue weighted by atomic mass is 10.2. The molecule has 1 aromatic carbocycles. The third-order valence-electron chi connectivity index (χ3n) is 3.08. The minimum atomic E-state index is -1.57. The molecule has 20 heavy (non-hydrogen) atoms. The van der Waals surface area contributed by atoms with Crippen LogP contribution in [0.25, 0.3) is 0 Å². The maximum atomic E-state index is 13.0. The second kappa shape index (κ2) is 7.89. The van der Waals surface area contributed by atoms with Crippen LogP contribution in [0.3, 0.4) is 0 Å². The molecule has 0 aliphatic carbocycles. The highest BCUT2D eigenvalue weighted by atomic mass is 19.2. The zero-order chi connectivity index (χ0) is 15.1. The number of amides is 1. The molecular formula is C14H19F3N2O. The van der Waals surface area contributed by atoms with E-state index in [4.69, 9.17) is 0 Å². The fourth-order valence-corrected chi connectivity index (χ4v) is 1.83. The van der Waals surface area contributed by atoms with Gasteiger partial charge in [-0.05, 0) is 38.2 Å². The Hall–Kier alpha value is -1.56. The summed E-state index contributed by atoms with van der Waals surface area (Å²) in [5.74, 6) is -4.90. The van der Waals surface area contributed by atoms with E-state index in [0.29, 0.717) is 18.7 Å². The molecule has 0 atom stereocenters. The fourth-order valence-electron chi connectivity index (χ4n) is 1.83. The van der Waals surface area contributed by atoms with Crippen molar-refractivity contribution in [3.63, 3.8) is 0 Å². The topological polar surface area (TPSA) is 32.3 Å². The number of carbonyl (C=O) groups is 1. The van der Waals surface area contributed by atoms with Gasteiger partial charge < -0.3 is 10.2 Å². The first kappa shape index (κ1) is 16.5. The van der Waals surface area contributed by atoms with Gasteiger partial charge in [0.05, 0.1) is 0 Å². The number of carbonyl (C=O) groups excluding carboxylic acids is 1. The minimum absolute atomic E-state index is 0.218. The van der Waals surface area contributed by atoms with Gasteiger partial charge in [-0.15, -0.1) is 0 Å². The molecule has 0 spiro atoms. The summed E-state index contributed by atoms with van der Waals surface area (Å²) in [6, 6.07) is 1.39. The van der Waals surface area contributed by atoms with Gasteiger partial charge in [0.15, 0.2) is 17.5 Å². The zero-order valence-electron chi connectivity index (χ0n) is 11.7. The number of hydrogen-bond acceptors (Lipinski definition) is 2. The lowest BCUT2D eigenvalue weighted by Gasteiger charge is -2.17. The Labute approximate surface area is 116 Å². The molecule has 112 valence electrons. The van der Waals surface area contributed by atoms with Crippen LogP contribution >= 0.6 is 0 Å². The number of rotatable bonds is 7. The lowest BCUT2D eigenvalue weighted by Crippen LogP contribution is -2.30. The average molecular weight is 288 g/mol. The van der Waals surface area contributed by atoms with Gasteiger partial charge in [-0.25, -0.2) is 13.2 Å². The van der Waals surface area contributed by atoms with Gasteiger partial charge in [-0.3, -0.25) is 4.79 Å². The second-order valence-corrected chi connectivity index (χ2v) is 4.39. The van der Waals surface area contributed by atoms with Crippen LogP contribution in [0.4, 0.5) is 13.2 Å². The van der Waals surface area contributed by atoms with Crippen molar-refractivity contribution in [2.75, 3.05) is 26.2 Å². The Balaban J connectivity index is 2.47. The van der Waals surface area contributed by atoms with Crippen LogP contribution in [0.15, 0.2) is 12.1 Å². The van der Waals surface area contributed by atoms with E-state index in [-0.39, 0.29) is 5.56 Å². The molecule has 0 bridgehead atoms. The largest absolute Gasteiger partial charge is 0.352 e. The number of nitrogens with one attached hydrogen (secondary N) is 1. The van der Waals surface area contributed by atoms with Crippen molar-refractivity contribution < 1.29 is 18.0 Å². The van der Waals surface area contributed by atoms with Gasteiger partial charge in [-0.1, -0.05) is 13.8 Å². The van der Waals surface area contributed by atoms with Crippen LogP contribution < -0.4 is 5.32 Å². The summed E-state index contributed by atoms with van der Waals surface area (Å²) in [5, 5.41) is 2.56. The maximum Gasteiger partial charge on any atom is 0.251 e. The third-order valence-corrected chi connectivity index (χ3v) is 3.08. The molecule has 0 saturated carbocycles. The summed E-state index contributed by atoms with van der Waals surface area (Å²) in [7, 11) is 0. The van der Waals surface area contributed by atoms with E-state index in [2.05, 4.69) is 10.2 Å². The number of halogens is 3. The zero-order valence-corrected chi connectivity index (χ0v) is 11.7. The van der Waals surface area contributed by atoms with Crippen molar-refractivity contribution in [1.29, 1.82) is 0 Å². The summed E-state index contributed by atoms with van der Waals surface area (Å²) in [6.45, 7) is 7.19. The summed E-state index contributed by atoms with van der Waals surface area (Å²) >= 11 is 0. The van der Waals surface area contributed by atoms with E-state index in [0.717, 1.165) is 26.1 Å². The maximum absolute atomic E-state index is 13.0. The van der Waals surface area contributed by atoms with Crippen LogP contribution in [-0.2, 0) is 0 Å². The van der Waals surface area contributed by atoms with Gasteiger partial charge >= 0.3 is 0 Å². The van der Waals surface area contributed by atoms with Crippen molar-refractivity contribution in [2.24, 2.45) is 0 Å². The first-order chi connectivity index (χ1) is 9.49. The molecule has 3 nitrogen and oxygen atoms in total. The van der Waals surface area contributed by atoms with E-state index in [1.54, 1.807) is 0 Å². The first-order valence-electron chi connectivity index (χ1n) is 6.64. The SMILES string of the molecule is CCN(CC)CCCNC(=O)c1cc(F)c(F)c(F)c1. The Morgan fingerprint density at radius 1 is 1.15 bits per heavy atom. The van der Waals surface area contributed by atoms with Crippen LogP contribution in [0.1, 0.15) is 30.6 Å². The molecule has 1 rings (SSSR count). The highest BCUT2D eigenvalue weighted by molar-refractivity contribution is 5.94. The van der Waals surface area contributed by atoms with Crippen molar-refractivity contribution in [2.45, 2.75) is 20.3 Å². The second-order valence-electron chi connectivity index (χ2n) is 4.39. The van der Waals surface area contributed by atoms with E-state index >= 15 is 0 Å². The molecule has 1 amide bonds. The molecule has 1 aromatic rings. The molecule has 0 heterocycles. The van der Waals surface area contributed by atoms with E-state index in [1.165, 1.54) is 0 Å². The minimum Gasteiger partial charge on any atom is -0.352 e. The van der Waals surface area contributed by atoms with E-state index in [1.807, 2.05) is 13.8 Å². The summed E-state index contributed by atoms with van der Waals surface area (Å²) in [5.41, 5.74) is -0.218. The highest BCUT2D eigenvalue weighted by Crippen LogP contribution is 2.13. The predicted molar refractivity (Wildman–Crippen MR) is 71.1 cm³/mol. The van der Waals surface area contributed by atoms with Crippen LogP contribution in [0.5, 0.6) is 0 Å². The Bertz CT molecular complexity index is 439. The van der Waals surface area contributed by atoms with Crippen LogP contribution in [0, 0.1) is 17.5 Å². The smallest absolute Gasteiger partial charge is 0.251 e. The van der Waals surface area contributed by atoms with Crippen molar-refractivity contribution in [3.05, 3.63) is 35.1 Å². The quantitative estimate of drug-likeness (QED) is 0.618. The molecule has 0 aromatic heterocycles. The molecule has 0 unspecified atom stereocenters. The number of benzene rings is 1. The van der Waals surface area contributed by atoms with Crippen LogP contribution in [0.2, 0.25) is 0 Å². The van der Waals surface area contributed by atoms with Crippen LogP contribution in [-0.4, -0.2) is 37.0 Å². The fraction of sp³-hybridized carbons (Fsp3) is 0.500. The van der Waals surface area contributed by atoms with Gasteiger partial charge in [0.1, 0.15) is 0 Å². The standard InChI is InChI=1S/C14H19F3N2O/c1-3-19(4-2)7-5-6-18-14(20)10-8-11(15)13(17)12(16)9-10/h8-9H,3-7H2,1-2H3,(H,18,20). The Morgan fingerprint density at radius 3 is 2.20 bits per heavy atom.